The molecule has 2 saturated heterocycles. The van der Waals surface area contributed by atoms with Crippen LogP contribution in [0.3, 0.4) is 0 Å². The van der Waals surface area contributed by atoms with Crippen LogP contribution in [0, 0.1) is 5.41 Å². The minimum atomic E-state index is -0.0567. The van der Waals surface area contributed by atoms with Crippen LogP contribution in [0.5, 0.6) is 0 Å². The maximum absolute atomic E-state index is 12.7. The molecule has 0 unspecified atom stereocenters. The van der Waals surface area contributed by atoms with E-state index in [4.69, 9.17) is 11.6 Å². The fraction of sp³-hybridized carbons (Fsp3) is 0.611. The molecule has 0 spiro atoms. The highest BCUT2D eigenvalue weighted by atomic mass is 35.5. The van der Waals surface area contributed by atoms with E-state index in [1.807, 2.05) is 24.3 Å². The summed E-state index contributed by atoms with van der Waals surface area (Å²) < 4.78 is 0. The minimum Gasteiger partial charge on any atom is -0.396 e. The van der Waals surface area contributed by atoms with Gasteiger partial charge in [-0.15, -0.1) is 0 Å². The lowest BCUT2D eigenvalue weighted by Gasteiger charge is -2.34. The van der Waals surface area contributed by atoms with E-state index in [2.05, 4.69) is 11.8 Å². The number of aliphatic hydroxyl groups excluding tert-OH is 1. The van der Waals surface area contributed by atoms with E-state index in [1.165, 1.54) is 0 Å². The molecule has 1 aromatic carbocycles. The Labute approximate surface area is 137 Å². The molecule has 0 aliphatic carbocycles. The third kappa shape index (κ3) is 2.65. The predicted octanol–water partition coefficient (Wildman–Crippen LogP) is 3.42. The monoisotopic (exact) mass is 321 g/mol. The average Bonchev–Trinajstić information content (AvgIpc) is 3.10. The molecule has 3 atom stereocenters. The first-order valence-electron chi connectivity index (χ1n) is 8.26. The molecule has 120 valence electrons. The highest BCUT2D eigenvalue weighted by Crippen LogP contribution is 2.51. The van der Waals surface area contributed by atoms with Gasteiger partial charge in [-0.1, -0.05) is 30.7 Å². The Morgan fingerprint density at radius 3 is 2.68 bits per heavy atom. The van der Waals surface area contributed by atoms with Gasteiger partial charge in [-0.2, -0.15) is 0 Å². The highest BCUT2D eigenvalue weighted by molar-refractivity contribution is 6.30. The number of amides is 1. The molecule has 4 heteroatoms. The van der Waals surface area contributed by atoms with Crippen molar-refractivity contribution >= 4 is 17.5 Å². The third-order valence-electron chi connectivity index (χ3n) is 5.70. The second-order valence-corrected chi connectivity index (χ2v) is 7.19. The van der Waals surface area contributed by atoms with E-state index in [9.17, 15) is 9.90 Å². The first kappa shape index (κ1) is 15.8. The zero-order chi connectivity index (χ0) is 15.7. The molecule has 1 N–H and O–H groups in total. The summed E-state index contributed by atoms with van der Waals surface area (Å²) in [6, 6.07) is 8.29. The van der Waals surface area contributed by atoms with E-state index in [1.54, 1.807) is 0 Å². The zero-order valence-electron chi connectivity index (χ0n) is 13.1. The average molecular weight is 322 g/mol. The molecule has 3 rings (SSSR count). The van der Waals surface area contributed by atoms with Crippen LogP contribution in [-0.2, 0) is 11.2 Å². The van der Waals surface area contributed by atoms with E-state index < -0.39 is 0 Å². The van der Waals surface area contributed by atoms with Crippen LogP contribution in [0.1, 0.15) is 44.6 Å². The first-order chi connectivity index (χ1) is 10.6. The van der Waals surface area contributed by atoms with Crippen molar-refractivity contribution in [1.29, 1.82) is 0 Å². The number of rotatable bonds is 5. The van der Waals surface area contributed by atoms with Gasteiger partial charge in [-0.25, -0.2) is 0 Å². The number of carbonyl (C=O) groups is 1. The second-order valence-electron chi connectivity index (χ2n) is 6.75. The number of aliphatic hydroxyl groups is 1. The van der Waals surface area contributed by atoms with Gasteiger partial charge < -0.3 is 10.0 Å². The van der Waals surface area contributed by atoms with E-state index in [-0.39, 0.29) is 24.0 Å². The van der Waals surface area contributed by atoms with Crippen molar-refractivity contribution in [3.8, 4) is 0 Å². The minimum absolute atomic E-state index is 0.0567. The van der Waals surface area contributed by atoms with Crippen molar-refractivity contribution < 1.29 is 9.90 Å². The van der Waals surface area contributed by atoms with Gasteiger partial charge >= 0.3 is 0 Å². The Hall–Kier alpha value is -1.06. The lowest BCUT2D eigenvalue weighted by atomic mass is 9.72. The molecule has 1 amide bonds. The van der Waals surface area contributed by atoms with Crippen LogP contribution in [0.15, 0.2) is 24.3 Å². The molecular weight excluding hydrogens is 298 g/mol. The lowest BCUT2D eigenvalue weighted by molar-refractivity contribution is -0.133. The van der Waals surface area contributed by atoms with Crippen molar-refractivity contribution in [3.63, 3.8) is 0 Å². The molecule has 2 fully saturated rings. The van der Waals surface area contributed by atoms with Gasteiger partial charge in [0.1, 0.15) is 0 Å². The SMILES string of the molecule is CC[C@@]1(CO)C[C@@H]2CC[C@H]1N2C(=O)CCc1ccc(Cl)cc1. The molecule has 2 aliphatic heterocycles. The summed E-state index contributed by atoms with van der Waals surface area (Å²) in [5.74, 6) is 0.242. The number of benzene rings is 1. The number of halogens is 1. The molecular formula is C18H24ClNO2. The Morgan fingerprint density at radius 2 is 2.09 bits per heavy atom. The lowest BCUT2D eigenvalue weighted by Crippen LogP contribution is -2.42. The van der Waals surface area contributed by atoms with Crippen molar-refractivity contribution in [1.82, 2.24) is 4.90 Å². The maximum atomic E-state index is 12.7. The molecule has 22 heavy (non-hydrogen) atoms. The van der Waals surface area contributed by atoms with E-state index >= 15 is 0 Å². The van der Waals surface area contributed by atoms with Gasteiger partial charge in [-0.3, -0.25) is 4.79 Å². The number of fused-ring (bicyclic) bond motifs is 2. The van der Waals surface area contributed by atoms with Crippen LogP contribution in [0.25, 0.3) is 0 Å². The van der Waals surface area contributed by atoms with E-state index in [0.29, 0.717) is 12.5 Å². The Morgan fingerprint density at radius 1 is 1.36 bits per heavy atom. The van der Waals surface area contributed by atoms with Crippen LogP contribution < -0.4 is 0 Å². The van der Waals surface area contributed by atoms with Crippen LogP contribution >= 0.6 is 11.6 Å². The molecule has 0 radical (unpaired) electrons. The highest BCUT2D eigenvalue weighted by Gasteiger charge is 2.55. The van der Waals surface area contributed by atoms with Gasteiger partial charge in [-0.05, 0) is 49.8 Å². The molecule has 2 aliphatic rings. The third-order valence-corrected chi connectivity index (χ3v) is 5.95. The van der Waals surface area contributed by atoms with Crippen molar-refractivity contribution in [2.45, 2.75) is 57.5 Å². The van der Waals surface area contributed by atoms with Gasteiger partial charge in [0, 0.05) is 28.9 Å². The normalized spacial score (nSPS) is 30.0. The summed E-state index contributed by atoms with van der Waals surface area (Å²) in [6.07, 6.45) is 5.36. The van der Waals surface area contributed by atoms with E-state index in [0.717, 1.165) is 42.7 Å². The largest absolute Gasteiger partial charge is 0.396 e. The summed E-state index contributed by atoms with van der Waals surface area (Å²) in [4.78, 5) is 14.8. The zero-order valence-corrected chi connectivity index (χ0v) is 13.9. The van der Waals surface area contributed by atoms with Crippen LogP contribution in [-0.4, -0.2) is 34.6 Å². The molecule has 2 heterocycles. The first-order valence-corrected chi connectivity index (χ1v) is 8.64. The molecule has 2 bridgehead atoms. The van der Waals surface area contributed by atoms with Gasteiger partial charge in [0.15, 0.2) is 0 Å². The molecule has 3 nitrogen and oxygen atoms in total. The van der Waals surface area contributed by atoms with Crippen molar-refractivity contribution in [3.05, 3.63) is 34.9 Å². The molecule has 0 aromatic heterocycles. The van der Waals surface area contributed by atoms with Gasteiger partial charge in [0.05, 0.1) is 6.61 Å². The number of hydrogen-bond donors (Lipinski definition) is 1. The summed E-state index contributed by atoms with van der Waals surface area (Å²) in [5.41, 5.74) is 1.09. The quantitative estimate of drug-likeness (QED) is 0.902. The van der Waals surface area contributed by atoms with Gasteiger partial charge in [0.2, 0.25) is 5.91 Å². The Balaban J connectivity index is 1.64. The Kier molecular flexibility index (Phi) is 4.47. The number of hydrogen-bond acceptors (Lipinski definition) is 2. The molecule has 0 saturated carbocycles. The molecule has 1 aromatic rings. The fourth-order valence-electron chi connectivity index (χ4n) is 4.36. The predicted molar refractivity (Wildman–Crippen MR) is 87.9 cm³/mol. The standard InChI is InChI=1S/C18H24ClNO2/c1-2-18(12-21)11-15-8-9-16(18)20(15)17(22)10-5-13-3-6-14(19)7-4-13/h3-4,6-7,15-16,21H,2,5,8-12H2,1H3/t15-,16+,18-/m0/s1. The maximum Gasteiger partial charge on any atom is 0.223 e. The fourth-order valence-corrected chi connectivity index (χ4v) is 4.49. The Bertz CT molecular complexity index is 539. The smallest absolute Gasteiger partial charge is 0.223 e. The van der Waals surface area contributed by atoms with Crippen molar-refractivity contribution in [2.75, 3.05) is 6.61 Å². The van der Waals surface area contributed by atoms with Crippen LogP contribution in [0.4, 0.5) is 0 Å². The number of aryl methyl sites for hydroxylation is 1. The summed E-state index contributed by atoms with van der Waals surface area (Å²) in [5, 5.41) is 10.5. The summed E-state index contributed by atoms with van der Waals surface area (Å²) >= 11 is 5.89. The topological polar surface area (TPSA) is 40.5 Å². The summed E-state index contributed by atoms with van der Waals surface area (Å²) in [6.45, 7) is 2.33. The van der Waals surface area contributed by atoms with Crippen LogP contribution in [0.2, 0.25) is 5.02 Å². The summed E-state index contributed by atoms with van der Waals surface area (Å²) in [7, 11) is 0. The number of nitrogens with zero attached hydrogens (tertiary/aromatic N) is 1. The van der Waals surface area contributed by atoms with Gasteiger partial charge in [0.25, 0.3) is 0 Å². The second kappa shape index (κ2) is 6.21. The van der Waals surface area contributed by atoms with Crippen molar-refractivity contribution in [2.24, 2.45) is 5.41 Å². The number of carbonyl (C=O) groups excluding carboxylic acids is 1.